The van der Waals surface area contributed by atoms with Crippen molar-refractivity contribution in [2.45, 2.75) is 6.10 Å². The first-order valence-electron chi connectivity index (χ1n) is 6.53. The number of hydrogen-bond acceptors (Lipinski definition) is 3. The number of methoxy groups -OCH3 is 1. The summed E-state index contributed by atoms with van der Waals surface area (Å²) in [4.78, 5) is 0. The monoisotopic (exact) mass is 268 g/mol. The van der Waals surface area contributed by atoms with E-state index >= 15 is 0 Å². The first-order chi connectivity index (χ1) is 9.81. The lowest BCUT2D eigenvalue weighted by molar-refractivity contribution is 0.209. The molecule has 2 aromatic carbocycles. The van der Waals surface area contributed by atoms with Crippen molar-refractivity contribution in [3.05, 3.63) is 65.2 Å². The molecule has 20 heavy (non-hydrogen) atoms. The molecule has 1 N–H and O–H groups in total. The Morgan fingerprint density at radius 1 is 1.15 bits per heavy atom. The molecule has 0 saturated carbocycles. The van der Waals surface area contributed by atoms with E-state index in [2.05, 4.69) is 0 Å². The highest BCUT2D eigenvalue weighted by atomic mass is 16.5. The molecule has 3 heteroatoms. The first-order valence-corrected chi connectivity index (χ1v) is 6.53. The molecule has 0 fully saturated rings. The Labute approximate surface area is 118 Å². The van der Waals surface area contributed by atoms with Gasteiger partial charge in [-0.3, -0.25) is 0 Å². The quantitative estimate of drug-likeness (QED) is 0.929. The van der Waals surface area contributed by atoms with Crippen LogP contribution in [0.15, 0.2) is 54.1 Å². The fourth-order valence-corrected chi connectivity index (χ4v) is 2.39. The van der Waals surface area contributed by atoms with Crippen LogP contribution in [0, 0.1) is 0 Å². The van der Waals surface area contributed by atoms with Crippen LogP contribution in [0.1, 0.15) is 17.2 Å². The van der Waals surface area contributed by atoms with E-state index in [0.717, 1.165) is 28.2 Å². The largest absolute Gasteiger partial charge is 0.497 e. The van der Waals surface area contributed by atoms with Crippen molar-refractivity contribution < 1.29 is 14.6 Å². The number of ether oxygens (including phenoxy) is 2. The van der Waals surface area contributed by atoms with E-state index in [1.165, 1.54) is 0 Å². The Hall–Kier alpha value is -2.26. The maximum Gasteiger partial charge on any atom is 0.147 e. The van der Waals surface area contributed by atoms with Gasteiger partial charge in [0.05, 0.1) is 13.7 Å². The Morgan fingerprint density at radius 3 is 2.65 bits per heavy atom. The van der Waals surface area contributed by atoms with Gasteiger partial charge in [-0.1, -0.05) is 30.3 Å². The Kier molecular flexibility index (Phi) is 3.44. The average molecular weight is 268 g/mol. The van der Waals surface area contributed by atoms with Crippen molar-refractivity contribution in [1.82, 2.24) is 0 Å². The average Bonchev–Trinajstić information content (AvgIpc) is 2.53. The molecule has 0 spiro atoms. The van der Waals surface area contributed by atoms with Crippen LogP contribution in [0.2, 0.25) is 0 Å². The van der Waals surface area contributed by atoms with Crippen LogP contribution in [0.3, 0.4) is 0 Å². The molecule has 102 valence electrons. The maximum absolute atomic E-state index is 9.60. The SMILES string of the molecule is COc1ccc2c(c1)C=C(CO)C(c1ccccc1)O2. The van der Waals surface area contributed by atoms with Crippen LogP contribution in [0.5, 0.6) is 11.5 Å². The number of aliphatic hydroxyl groups is 1. The molecule has 0 aliphatic carbocycles. The van der Waals surface area contributed by atoms with E-state index in [-0.39, 0.29) is 12.7 Å². The molecule has 1 unspecified atom stereocenters. The molecule has 0 saturated heterocycles. The smallest absolute Gasteiger partial charge is 0.147 e. The third-order valence-electron chi connectivity index (χ3n) is 3.42. The topological polar surface area (TPSA) is 38.7 Å². The predicted molar refractivity (Wildman–Crippen MR) is 77.9 cm³/mol. The summed E-state index contributed by atoms with van der Waals surface area (Å²) in [6, 6.07) is 15.6. The minimum Gasteiger partial charge on any atom is -0.497 e. The lowest BCUT2D eigenvalue weighted by atomic mass is 9.96. The molecule has 2 aromatic rings. The van der Waals surface area contributed by atoms with Gasteiger partial charge in [0.15, 0.2) is 0 Å². The van der Waals surface area contributed by atoms with Crippen molar-refractivity contribution in [2.24, 2.45) is 0 Å². The number of aliphatic hydroxyl groups excluding tert-OH is 1. The van der Waals surface area contributed by atoms with E-state index < -0.39 is 0 Å². The summed E-state index contributed by atoms with van der Waals surface area (Å²) >= 11 is 0. The second kappa shape index (κ2) is 5.39. The van der Waals surface area contributed by atoms with Gasteiger partial charge in [-0.2, -0.15) is 0 Å². The van der Waals surface area contributed by atoms with E-state index in [1.807, 2.05) is 54.6 Å². The summed E-state index contributed by atoms with van der Waals surface area (Å²) in [6.07, 6.45) is 1.74. The van der Waals surface area contributed by atoms with E-state index in [4.69, 9.17) is 9.47 Å². The van der Waals surface area contributed by atoms with Gasteiger partial charge in [-0.05, 0) is 29.8 Å². The Morgan fingerprint density at radius 2 is 1.95 bits per heavy atom. The van der Waals surface area contributed by atoms with E-state index in [0.29, 0.717) is 0 Å². The zero-order chi connectivity index (χ0) is 13.9. The minimum atomic E-state index is -0.234. The zero-order valence-corrected chi connectivity index (χ0v) is 11.2. The molecular formula is C17H16O3. The molecule has 1 heterocycles. The number of benzene rings is 2. The summed E-state index contributed by atoms with van der Waals surface area (Å²) in [5.74, 6) is 1.58. The molecule has 1 aliphatic heterocycles. The van der Waals surface area contributed by atoms with Crippen LogP contribution in [0.25, 0.3) is 6.08 Å². The normalized spacial score (nSPS) is 16.9. The van der Waals surface area contributed by atoms with Gasteiger partial charge in [-0.15, -0.1) is 0 Å². The third-order valence-corrected chi connectivity index (χ3v) is 3.42. The Bertz CT molecular complexity index is 632. The van der Waals surface area contributed by atoms with Gasteiger partial charge < -0.3 is 14.6 Å². The Balaban J connectivity index is 2.02. The van der Waals surface area contributed by atoms with E-state index in [1.54, 1.807) is 7.11 Å². The fraction of sp³-hybridized carbons (Fsp3) is 0.176. The van der Waals surface area contributed by atoms with Crippen molar-refractivity contribution >= 4 is 6.08 Å². The molecule has 0 bridgehead atoms. The van der Waals surface area contributed by atoms with Gasteiger partial charge in [-0.25, -0.2) is 0 Å². The van der Waals surface area contributed by atoms with Crippen LogP contribution >= 0.6 is 0 Å². The summed E-state index contributed by atoms with van der Waals surface area (Å²) in [5.41, 5.74) is 2.81. The summed E-state index contributed by atoms with van der Waals surface area (Å²) in [5, 5.41) is 9.60. The van der Waals surface area contributed by atoms with Gasteiger partial charge in [0, 0.05) is 11.1 Å². The number of hydrogen-bond donors (Lipinski definition) is 1. The molecule has 0 aromatic heterocycles. The van der Waals surface area contributed by atoms with Gasteiger partial charge in [0.25, 0.3) is 0 Å². The summed E-state index contributed by atoms with van der Waals surface area (Å²) in [7, 11) is 1.63. The molecule has 1 atom stereocenters. The molecule has 3 rings (SSSR count). The van der Waals surface area contributed by atoms with Crippen molar-refractivity contribution in [2.75, 3.05) is 13.7 Å². The number of fused-ring (bicyclic) bond motifs is 1. The first kappa shape index (κ1) is 12.8. The molecular weight excluding hydrogens is 252 g/mol. The second-order valence-corrected chi connectivity index (χ2v) is 4.69. The van der Waals surface area contributed by atoms with Crippen LogP contribution in [-0.4, -0.2) is 18.8 Å². The third kappa shape index (κ3) is 2.28. The summed E-state index contributed by atoms with van der Waals surface area (Å²) in [6.45, 7) is -0.0315. The molecule has 3 nitrogen and oxygen atoms in total. The zero-order valence-electron chi connectivity index (χ0n) is 11.2. The molecule has 0 amide bonds. The number of rotatable bonds is 3. The van der Waals surface area contributed by atoms with Crippen molar-refractivity contribution in [1.29, 1.82) is 0 Å². The van der Waals surface area contributed by atoms with Crippen LogP contribution in [0.4, 0.5) is 0 Å². The lowest BCUT2D eigenvalue weighted by Gasteiger charge is -2.27. The highest BCUT2D eigenvalue weighted by molar-refractivity contribution is 5.65. The van der Waals surface area contributed by atoms with Crippen LogP contribution < -0.4 is 9.47 Å². The molecule has 1 aliphatic rings. The second-order valence-electron chi connectivity index (χ2n) is 4.69. The van der Waals surface area contributed by atoms with Crippen molar-refractivity contribution in [3.63, 3.8) is 0 Å². The minimum absolute atomic E-state index is 0.0315. The summed E-state index contributed by atoms with van der Waals surface area (Å²) < 4.78 is 11.3. The maximum atomic E-state index is 9.60. The van der Waals surface area contributed by atoms with E-state index in [9.17, 15) is 5.11 Å². The van der Waals surface area contributed by atoms with Crippen molar-refractivity contribution in [3.8, 4) is 11.5 Å². The standard InChI is InChI=1S/C17H16O3/c1-19-15-7-8-16-13(10-15)9-14(11-18)17(20-16)12-5-3-2-4-6-12/h2-10,17-18H,11H2,1H3. The molecule has 0 radical (unpaired) electrons. The highest BCUT2D eigenvalue weighted by Crippen LogP contribution is 2.38. The van der Waals surface area contributed by atoms with Gasteiger partial charge in [0.1, 0.15) is 17.6 Å². The van der Waals surface area contributed by atoms with Crippen LogP contribution in [-0.2, 0) is 0 Å². The lowest BCUT2D eigenvalue weighted by Crippen LogP contribution is -2.16. The predicted octanol–water partition coefficient (Wildman–Crippen LogP) is 3.20. The van der Waals surface area contributed by atoms with Gasteiger partial charge in [0.2, 0.25) is 0 Å². The van der Waals surface area contributed by atoms with Gasteiger partial charge >= 0.3 is 0 Å². The fourth-order valence-electron chi connectivity index (χ4n) is 2.39. The highest BCUT2D eigenvalue weighted by Gasteiger charge is 2.23.